The van der Waals surface area contributed by atoms with Gasteiger partial charge in [-0.05, 0) is 37.0 Å². The van der Waals surface area contributed by atoms with Crippen molar-refractivity contribution in [2.45, 2.75) is 39.7 Å². The Morgan fingerprint density at radius 2 is 2.29 bits per heavy atom. The van der Waals surface area contributed by atoms with E-state index in [4.69, 9.17) is 0 Å². The third kappa shape index (κ3) is 6.32. The number of nitrogens with one attached hydrogen (secondary N) is 2. The second-order valence-corrected chi connectivity index (χ2v) is 6.48. The van der Waals surface area contributed by atoms with Crippen LogP contribution in [0.3, 0.4) is 0 Å². The van der Waals surface area contributed by atoms with Gasteiger partial charge in [0.1, 0.15) is 0 Å². The van der Waals surface area contributed by atoms with Crippen LogP contribution in [0.2, 0.25) is 0 Å². The topological polar surface area (TPSA) is 41.1 Å². The first-order valence-electron chi connectivity index (χ1n) is 6.67. The molecular formula is C13H26N2OS. The maximum atomic E-state index is 11.7. The molecule has 1 aliphatic rings. The van der Waals surface area contributed by atoms with Crippen LogP contribution in [0.5, 0.6) is 0 Å². The van der Waals surface area contributed by atoms with E-state index in [1.165, 1.54) is 6.42 Å². The van der Waals surface area contributed by atoms with Crippen molar-refractivity contribution in [3.05, 3.63) is 0 Å². The van der Waals surface area contributed by atoms with Crippen molar-refractivity contribution in [1.29, 1.82) is 0 Å². The number of amides is 1. The second kappa shape index (κ2) is 7.98. The highest BCUT2D eigenvalue weighted by molar-refractivity contribution is 7.99. The van der Waals surface area contributed by atoms with Crippen LogP contribution in [-0.2, 0) is 4.79 Å². The zero-order valence-electron chi connectivity index (χ0n) is 11.3. The fourth-order valence-corrected chi connectivity index (χ4v) is 2.97. The smallest absolute Gasteiger partial charge is 0.230 e. The van der Waals surface area contributed by atoms with Gasteiger partial charge in [0.05, 0.1) is 5.75 Å². The Hall–Kier alpha value is -0.220. The third-order valence-electron chi connectivity index (χ3n) is 3.25. The van der Waals surface area contributed by atoms with Crippen molar-refractivity contribution in [1.82, 2.24) is 10.6 Å². The summed E-state index contributed by atoms with van der Waals surface area (Å²) < 4.78 is 0. The van der Waals surface area contributed by atoms with Crippen LogP contribution in [0.4, 0.5) is 0 Å². The normalized spacial score (nSPS) is 24.9. The number of carbonyl (C=O) groups is 1. The van der Waals surface area contributed by atoms with Crippen LogP contribution in [0, 0.1) is 11.8 Å². The van der Waals surface area contributed by atoms with Crippen LogP contribution in [0.1, 0.15) is 33.6 Å². The minimum atomic E-state index is 0.194. The summed E-state index contributed by atoms with van der Waals surface area (Å²) in [6.45, 7) is 8.66. The molecule has 0 aromatic heterocycles. The molecule has 100 valence electrons. The molecule has 4 heteroatoms. The number of hydrogen-bond donors (Lipinski definition) is 2. The van der Waals surface area contributed by atoms with Gasteiger partial charge in [0, 0.05) is 12.6 Å². The zero-order chi connectivity index (χ0) is 12.7. The van der Waals surface area contributed by atoms with E-state index in [-0.39, 0.29) is 5.91 Å². The first-order chi connectivity index (χ1) is 8.09. The van der Waals surface area contributed by atoms with E-state index >= 15 is 0 Å². The van der Waals surface area contributed by atoms with Gasteiger partial charge in [-0.25, -0.2) is 0 Å². The van der Waals surface area contributed by atoms with Gasteiger partial charge in [-0.2, -0.15) is 11.8 Å². The van der Waals surface area contributed by atoms with Crippen molar-refractivity contribution in [2.24, 2.45) is 11.8 Å². The van der Waals surface area contributed by atoms with Crippen LogP contribution < -0.4 is 10.6 Å². The molecule has 1 fully saturated rings. The highest BCUT2D eigenvalue weighted by Gasteiger charge is 2.22. The van der Waals surface area contributed by atoms with Crippen LogP contribution in [0.15, 0.2) is 0 Å². The predicted molar refractivity (Wildman–Crippen MR) is 75.4 cm³/mol. The molecule has 0 spiro atoms. The molecular weight excluding hydrogens is 232 g/mol. The van der Waals surface area contributed by atoms with Gasteiger partial charge in [-0.3, -0.25) is 4.79 Å². The zero-order valence-corrected chi connectivity index (χ0v) is 12.1. The van der Waals surface area contributed by atoms with Crippen molar-refractivity contribution in [3.8, 4) is 0 Å². The molecule has 1 saturated heterocycles. The van der Waals surface area contributed by atoms with E-state index in [0.29, 0.717) is 17.7 Å². The molecule has 0 radical (unpaired) electrons. The van der Waals surface area contributed by atoms with Gasteiger partial charge in [-0.1, -0.05) is 20.8 Å². The number of piperidine rings is 1. The van der Waals surface area contributed by atoms with Crippen molar-refractivity contribution in [3.63, 3.8) is 0 Å². The maximum absolute atomic E-state index is 11.7. The third-order valence-corrected chi connectivity index (χ3v) is 4.24. The molecule has 0 saturated carbocycles. The van der Waals surface area contributed by atoms with E-state index in [1.54, 1.807) is 11.8 Å². The highest BCUT2D eigenvalue weighted by Crippen LogP contribution is 2.12. The molecule has 0 bridgehead atoms. The summed E-state index contributed by atoms with van der Waals surface area (Å²) in [5.74, 6) is 3.22. The van der Waals surface area contributed by atoms with E-state index < -0.39 is 0 Å². The Balaban J connectivity index is 2.11. The number of carbonyl (C=O) groups excluding carboxylic acids is 1. The van der Waals surface area contributed by atoms with Gasteiger partial charge in [0.15, 0.2) is 0 Å². The molecule has 1 amide bonds. The average Bonchev–Trinajstić information content (AvgIpc) is 2.27. The summed E-state index contributed by atoms with van der Waals surface area (Å²) >= 11 is 1.75. The first kappa shape index (κ1) is 14.8. The van der Waals surface area contributed by atoms with E-state index in [1.807, 2.05) is 0 Å². The first-order valence-corrected chi connectivity index (χ1v) is 7.83. The van der Waals surface area contributed by atoms with Crippen molar-refractivity contribution < 1.29 is 4.79 Å². The Kier molecular flexibility index (Phi) is 6.97. The standard InChI is InChI=1S/C13H26N2OS/c1-10(2)5-7-17-9-13(16)15-12-8-14-6-4-11(12)3/h10-12,14H,4-9H2,1-3H3,(H,15,16). The van der Waals surface area contributed by atoms with E-state index in [2.05, 4.69) is 31.4 Å². The molecule has 0 aliphatic carbocycles. The SMILES string of the molecule is CC(C)CCSCC(=O)NC1CNCCC1C. The number of hydrogen-bond acceptors (Lipinski definition) is 3. The summed E-state index contributed by atoms with van der Waals surface area (Å²) in [4.78, 5) is 11.7. The fraction of sp³-hybridized carbons (Fsp3) is 0.923. The molecule has 0 aromatic rings. The lowest BCUT2D eigenvalue weighted by atomic mass is 9.95. The lowest BCUT2D eigenvalue weighted by Gasteiger charge is -2.30. The number of rotatable bonds is 6. The Bertz CT molecular complexity index is 233. The molecule has 1 aliphatic heterocycles. The Morgan fingerprint density at radius 3 is 2.94 bits per heavy atom. The van der Waals surface area contributed by atoms with Gasteiger partial charge in [-0.15, -0.1) is 0 Å². The molecule has 1 heterocycles. The predicted octanol–water partition coefficient (Wildman–Crippen LogP) is 1.88. The molecule has 1 rings (SSSR count). The Labute approximate surface area is 109 Å². The highest BCUT2D eigenvalue weighted by atomic mass is 32.2. The summed E-state index contributed by atoms with van der Waals surface area (Å²) in [6.07, 6.45) is 2.35. The van der Waals surface area contributed by atoms with Crippen LogP contribution in [0.25, 0.3) is 0 Å². The summed E-state index contributed by atoms with van der Waals surface area (Å²) in [7, 11) is 0. The lowest BCUT2D eigenvalue weighted by Crippen LogP contribution is -2.50. The lowest BCUT2D eigenvalue weighted by molar-refractivity contribution is -0.119. The fourth-order valence-electron chi connectivity index (χ4n) is 1.92. The minimum Gasteiger partial charge on any atom is -0.351 e. The summed E-state index contributed by atoms with van der Waals surface area (Å²) in [5.41, 5.74) is 0. The Morgan fingerprint density at radius 1 is 1.53 bits per heavy atom. The quantitative estimate of drug-likeness (QED) is 0.715. The average molecular weight is 258 g/mol. The number of thioether (sulfide) groups is 1. The molecule has 2 N–H and O–H groups in total. The van der Waals surface area contributed by atoms with Gasteiger partial charge in [0.2, 0.25) is 5.91 Å². The van der Waals surface area contributed by atoms with E-state index in [9.17, 15) is 4.79 Å². The van der Waals surface area contributed by atoms with Crippen molar-refractivity contribution in [2.75, 3.05) is 24.6 Å². The van der Waals surface area contributed by atoms with Crippen molar-refractivity contribution >= 4 is 17.7 Å². The van der Waals surface area contributed by atoms with Gasteiger partial charge in [0.25, 0.3) is 0 Å². The molecule has 3 nitrogen and oxygen atoms in total. The molecule has 2 atom stereocenters. The second-order valence-electron chi connectivity index (χ2n) is 5.38. The summed E-state index contributed by atoms with van der Waals surface area (Å²) in [5, 5.41) is 6.47. The molecule has 2 unspecified atom stereocenters. The summed E-state index contributed by atoms with van der Waals surface area (Å²) in [6, 6.07) is 0.321. The maximum Gasteiger partial charge on any atom is 0.230 e. The van der Waals surface area contributed by atoms with E-state index in [0.717, 1.165) is 31.2 Å². The molecule has 0 aromatic carbocycles. The van der Waals surface area contributed by atoms with Gasteiger partial charge < -0.3 is 10.6 Å². The van der Waals surface area contributed by atoms with Crippen LogP contribution >= 0.6 is 11.8 Å². The van der Waals surface area contributed by atoms with Gasteiger partial charge >= 0.3 is 0 Å². The molecule has 17 heavy (non-hydrogen) atoms. The largest absolute Gasteiger partial charge is 0.351 e. The van der Waals surface area contributed by atoms with Crippen LogP contribution in [-0.4, -0.2) is 36.5 Å². The monoisotopic (exact) mass is 258 g/mol. The minimum absolute atomic E-state index is 0.194.